The van der Waals surface area contributed by atoms with Gasteiger partial charge in [0.2, 0.25) is 5.91 Å². The maximum Gasteiger partial charge on any atom is 0.229 e. The molecule has 1 fully saturated rings. The Bertz CT molecular complexity index is 230. The molecule has 1 aliphatic carbocycles. The maximum atomic E-state index is 12.3. The van der Waals surface area contributed by atoms with Crippen molar-refractivity contribution in [3.8, 4) is 0 Å². The van der Waals surface area contributed by atoms with Crippen LogP contribution in [-0.4, -0.2) is 30.4 Å². The van der Waals surface area contributed by atoms with Crippen molar-refractivity contribution < 1.29 is 4.79 Å². The SMILES string of the molecule is CN(C(=O)C(C)(C)CN)C1CCCCCC1. The average molecular weight is 226 g/mol. The third kappa shape index (κ3) is 3.21. The third-order valence-electron chi connectivity index (χ3n) is 3.78. The third-order valence-corrected chi connectivity index (χ3v) is 3.78. The van der Waals surface area contributed by atoms with Crippen LogP contribution in [0.3, 0.4) is 0 Å². The highest BCUT2D eigenvalue weighted by atomic mass is 16.2. The first kappa shape index (κ1) is 13.5. The Morgan fingerprint density at radius 3 is 2.19 bits per heavy atom. The molecule has 1 aliphatic rings. The van der Waals surface area contributed by atoms with Gasteiger partial charge in [-0.05, 0) is 26.7 Å². The quantitative estimate of drug-likeness (QED) is 0.750. The fraction of sp³-hybridized carbons (Fsp3) is 0.923. The predicted octanol–water partition coefficient (Wildman–Crippen LogP) is 2.15. The highest BCUT2D eigenvalue weighted by molar-refractivity contribution is 5.82. The lowest BCUT2D eigenvalue weighted by atomic mass is 9.91. The Morgan fingerprint density at radius 1 is 1.25 bits per heavy atom. The number of carbonyl (C=O) groups excluding carboxylic acids is 1. The van der Waals surface area contributed by atoms with Gasteiger partial charge in [-0.1, -0.05) is 25.7 Å². The van der Waals surface area contributed by atoms with Crippen LogP contribution in [0.4, 0.5) is 0 Å². The molecule has 0 radical (unpaired) electrons. The van der Waals surface area contributed by atoms with Gasteiger partial charge in [0.05, 0.1) is 5.41 Å². The fourth-order valence-electron chi connectivity index (χ4n) is 2.38. The lowest BCUT2D eigenvalue weighted by Gasteiger charge is -2.33. The van der Waals surface area contributed by atoms with E-state index in [1.165, 1.54) is 25.7 Å². The van der Waals surface area contributed by atoms with E-state index in [1.807, 2.05) is 25.8 Å². The molecule has 1 amide bonds. The summed E-state index contributed by atoms with van der Waals surface area (Å²) in [7, 11) is 1.94. The number of rotatable bonds is 3. The summed E-state index contributed by atoms with van der Waals surface area (Å²) in [6.45, 7) is 4.29. The standard InChI is InChI=1S/C13H26N2O/c1-13(2,10-14)12(16)15(3)11-8-6-4-5-7-9-11/h11H,4-10,14H2,1-3H3. The zero-order valence-corrected chi connectivity index (χ0v) is 11.0. The molecule has 3 heteroatoms. The first-order chi connectivity index (χ1) is 7.49. The van der Waals surface area contributed by atoms with E-state index in [4.69, 9.17) is 5.73 Å². The molecule has 0 aliphatic heterocycles. The molecule has 16 heavy (non-hydrogen) atoms. The molecule has 0 spiro atoms. The minimum atomic E-state index is -0.416. The predicted molar refractivity (Wildman–Crippen MR) is 67.1 cm³/mol. The molecular formula is C13H26N2O. The topological polar surface area (TPSA) is 46.3 Å². The number of amides is 1. The Labute approximate surface area is 99.4 Å². The number of nitrogens with two attached hydrogens (primary N) is 1. The van der Waals surface area contributed by atoms with Crippen LogP contribution in [0.2, 0.25) is 0 Å². The molecule has 0 aromatic rings. The van der Waals surface area contributed by atoms with Crippen LogP contribution >= 0.6 is 0 Å². The second-order valence-corrected chi connectivity index (χ2v) is 5.65. The van der Waals surface area contributed by atoms with Crippen molar-refractivity contribution in [2.75, 3.05) is 13.6 Å². The van der Waals surface area contributed by atoms with E-state index in [9.17, 15) is 4.79 Å². The van der Waals surface area contributed by atoms with Crippen molar-refractivity contribution in [2.45, 2.75) is 58.4 Å². The number of carbonyl (C=O) groups is 1. The lowest BCUT2D eigenvalue weighted by Crippen LogP contribution is -2.47. The van der Waals surface area contributed by atoms with Gasteiger partial charge >= 0.3 is 0 Å². The van der Waals surface area contributed by atoms with Crippen molar-refractivity contribution in [3.63, 3.8) is 0 Å². The molecule has 0 saturated heterocycles. The van der Waals surface area contributed by atoms with Gasteiger partial charge in [0.15, 0.2) is 0 Å². The zero-order valence-electron chi connectivity index (χ0n) is 11.0. The summed E-state index contributed by atoms with van der Waals surface area (Å²) >= 11 is 0. The van der Waals surface area contributed by atoms with Gasteiger partial charge in [-0.15, -0.1) is 0 Å². The summed E-state index contributed by atoms with van der Waals surface area (Å²) in [5, 5.41) is 0. The first-order valence-electron chi connectivity index (χ1n) is 6.46. The largest absolute Gasteiger partial charge is 0.342 e. The number of hydrogen-bond donors (Lipinski definition) is 1. The Morgan fingerprint density at radius 2 is 1.75 bits per heavy atom. The van der Waals surface area contributed by atoms with Crippen molar-refractivity contribution >= 4 is 5.91 Å². The van der Waals surface area contributed by atoms with Crippen LogP contribution in [0.25, 0.3) is 0 Å². The van der Waals surface area contributed by atoms with Crippen LogP contribution < -0.4 is 5.73 Å². The van der Waals surface area contributed by atoms with Crippen molar-refractivity contribution in [1.82, 2.24) is 4.90 Å². The second-order valence-electron chi connectivity index (χ2n) is 5.65. The molecule has 2 N–H and O–H groups in total. The molecule has 0 unspecified atom stereocenters. The Kier molecular flexibility index (Phi) is 4.78. The minimum absolute atomic E-state index is 0.196. The van der Waals surface area contributed by atoms with Gasteiger partial charge in [-0.25, -0.2) is 0 Å². The molecule has 3 nitrogen and oxygen atoms in total. The van der Waals surface area contributed by atoms with Crippen molar-refractivity contribution in [2.24, 2.45) is 11.1 Å². The van der Waals surface area contributed by atoms with Crippen LogP contribution in [0.5, 0.6) is 0 Å². The number of hydrogen-bond acceptors (Lipinski definition) is 2. The average Bonchev–Trinajstić information content (AvgIpc) is 2.55. The van der Waals surface area contributed by atoms with Gasteiger partial charge < -0.3 is 10.6 Å². The van der Waals surface area contributed by atoms with Gasteiger partial charge in [0.1, 0.15) is 0 Å². The van der Waals surface area contributed by atoms with Crippen LogP contribution in [0.15, 0.2) is 0 Å². The monoisotopic (exact) mass is 226 g/mol. The Balaban J connectivity index is 2.61. The summed E-state index contributed by atoms with van der Waals surface area (Å²) in [5.41, 5.74) is 5.24. The summed E-state index contributed by atoms with van der Waals surface area (Å²) in [6, 6.07) is 0.431. The Hall–Kier alpha value is -0.570. The molecule has 0 aromatic carbocycles. The van der Waals surface area contributed by atoms with Crippen LogP contribution in [0.1, 0.15) is 52.4 Å². The number of nitrogens with zero attached hydrogens (tertiary/aromatic N) is 1. The van der Waals surface area contributed by atoms with E-state index >= 15 is 0 Å². The van der Waals surface area contributed by atoms with E-state index in [0.29, 0.717) is 12.6 Å². The first-order valence-corrected chi connectivity index (χ1v) is 6.46. The van der Waals surface area contributed by atoms with E-state index in [2.05, 4.69) is 0 Å². The second kappa shape index (κ2) is 5.67. The highest BCUT2D eigenvalue weighted by Crippen LogP contribution is 2.25. The van der Waals surface area contributed by atoms with Gasteiger partial charge in [-0.2, -0.15) is 0 Å². The minimum Gasteiger partial charge on any atom is -0.342 e. The molecule has 0 aromatic heterocycles. The highest BCUT2D eigenvalue weighted by Gasteiger charge is 2.32. The molecular weight excluding hydrogens is 200 g/mol. The zero-order chi connectivity index (χ0) is 12.2. The molecule has 0 heterocycles. The van der Waals surface area contributed by atoms with E-state index in [-0.39, 0.29) is 5.91 Å². The fourth-order valence-corrected chi connectivity index (χ4v) is 2.38. The van der Waals surface area contributed by atoms with Gasteiger partial charge in [0, 0.05) is 19.6 Å². The maximum absolute atomic E-state index is 12.3. The van der Waals surface area contributed by atoms with Crippen molar-refractivity contribution in [1.29, 1.82) is 0 Å². The molecule has 0 atom stereocenters. The summed E-state index contributed by atoms with van der Waals surface area (Å²) in [5.74, 6) is 0.196. The summed E-state index contributed by atoms with van der Waals surface area (Å²) in [6.07, 6.45) is 7.46. The molecule has 94 valence electrons. The normalized spacial score (nSPS) is 19.2. The van der Waals surface area contributed by atoms with Gasteiger partial charge in [-0.3, -0.25) is 4.79 Å². The van der Waals surface area contributed by atoms with Gasteiger partial charge in [0.25, 0.3) is 0 Å². The summed E-state index contributed by atoms with van der Waals surface area (Å²) in [4.78, 5) is 14.2. The van der Waals surface area contributed by atoms with E-state index in [0.717, 1.165) is 12.8 Å². The van der Waals surface area contributed by atoms with Crippen molar-refractivity contribution in [3.05, 3.63) is 0 Å². The molecule has 1 rings (SSSR count). The van der Waals surface area contributed by atoms with E-state index < -0.39 is 5.41 Å². The van der Waals surface area contributed by atoms with E-state index in [1.54, 1.807) is 0 Å². The van der Waals surface area contributed by atoms with Crippen LogP contribution in [0, 0.1) is 5.41 Å². The lowest BCUT2D eigenvalue weighted by molar-refractivity contribution is -0.140. The molecule has 0 bridgehead atoms. The summed E-state index contributed by atoms with van der Waals surface area (Å²) < 4.78 is 0. The smallest absolute Gasteiger partial charge is 0.229 e. The van der Waals surface area contributed by atoms with Crippen LogP contribution in [-0.2, 0) is 4.79 Å². The molecule has 1 saturated carbocycles.